The molecule has 0 spiro atoms. The SMILES string of the molecule is CCCCCCCC/C=C\CCCCCCCC(=O)C(COCC[N+](C)(C)C)C(=O)CCCCCCC/C=C\CCCCCCCC.O=P(O)(O)O. The van der Waals surface area contributed by atoms with E-state index in [-0.39, 0.29) is 18.2 Å². The number of hydrogen-bond donors (Lipinski definition) is 3. The van der Waals surface area contributed by atoms with Crippen LogP contribution in [0.15, 0.2) is 24.3 Å². The van der Waals surface area contributed by atoms with E-state index in [9.17, 15) is 9.59 Å². The Morgan fingerprint density at radius 2 is 0.827 bits per heavy atom. The summed E-state index contributed by atoms with van der Waals surface area (Å²) in [7, 11) is 1.77. The molecule has 0 fully saturated rings. The third-order valence-corrected chi connectivity index (χ3v) is 9.34. The Balaban J connectivity index is 0. The van der Waals surface area contributed by atoms with Crippen LogP contribution in [0.4, 0.5) is 0 Å². The molecule has 0 aromatic carbocycles. The Morgan fingerprint density at radius 3 is 1.13 bits per heavy atom. The van der Waals surface area contributed by atoms with Crippen LogP contribution >= 0.6 is 7.82 Å². The minimum Gasteiger partial charge on any atom is -0.374 e. The van der Waals surface area contributed by atoms with Crippen molar-refractivity contribution in [2.45, 2.75) is 194 Å². The highest BCUT2D eigenvalue weighted by Gasteiger charge is 2.26. The van der Waals surface area contributed by atoms with E-state index in [1.54, 1.807) is 0 Å². The molecule has 0 radical (unpaired) electrons. The van der Waals surface area contributed by atoms with Crippen LogP contribution in [0.1, 0.15) is 194 Å². The number of phosphoric acid groups is 1. The van der Waals surface area contributed by atoms with Crippen LogP contribution in [-0.2, 0) is 18.9 Å². The van der Waals surface area contributed by atoms with Crippen molar-refractivity contribution < 1.29 is 38.1 Å². The molecule has 308 valence electrons. The minimum absolute atomic E-state index is 0.102. The summed E-state index contributed by atoms with van der Waals surface area (Å²) < 4.78 is 15.6. The van der Waals surface area contributed by atoms with E-state index in [4.69, 9.17) is 24.0 Å². The molecule has 0 saturated carbocycles. The van der Waals surface area contributed by atoms with Gasteiger partial charge in [0.1, 0.15) is 18.1 Å². The molecule has 52 heavy (non-hydrogen) atoms. The van der Waals surface area contributed by atoms with Crippen LogP contribution in [0.3, 0.4) is 0 Å². The molecule has 0 aliphatic carbocycles. The Labute approximate surface area is 321 Å². The average Bonchev–Trinajstić information content (AvgIpc) is 3.06. The number of ketones is 2. The van der Waals surface area contributed by atoms with Crippen molar-refractivity contribution >= 4 is 19.4 Å². The van der Waals surface area contributed by atoms with Gasteiger partial charge in [-0.1, -0.05) is 141 Å². The largest absolute Gasteiger partial charge is 0.466 e. The van der Waals surface area contributed by atoms with Crippen LogP contribution in [0, 0.1) is 5.92 Å². The van der Waals surface area contributed by atoms with E-state index in [1.807, 2.05) is 0 Å². The number of allylic oxidation sites excluding steroid dienone is 4. The summed E-state index contributed by atoms with van der Waals surface area (Å²) in [6.07, 6.45) is 42.9. The number of quaternary nitrogens is 1. The first-order valence-electron chi connectivity index (χ1n) is 21.3. The third-order valence-electron chi connectivity index (χ3n) is 9.34. The van der Waals surface area contributed by atoms with Gasteiger partial charge in [-0.2, -0.15) is 0 Å². The van der Waals surface area contributed by atoms with Gasteiger partial charge in [-0.05, 0) is 64.2 Å². The van der Waals surface area contributed by atoms with Gasteiger partial charge in [-0.15, -0.1) is 0 Å². The Bertz CT molecular complexity index is 849. The standard InChI is InChI=1S/C43H82NO3.H3O4P/c1-6-8-10-12-14-16-18-20-22-24-26-28-30-32-34-36-42(45)41(40-47-39-38-44(3,4)5)43(46)37-35-33-31-29-27-25-23-21-19-17-15-13-11-9-7-2;1-5(2,3)4/h20-23,41H,6-19,24-40H2,1-5H3;(H3,1,2,3,4)/q+1;/b22-20-,23-21-;. The topological polar surface area (TPSA) is 121 Å². The quantitative estimate of drug-likeness (QED) is 0.0190. The first-order chi connectivity index (χ1) is 24.8. The van der Waals surface area contributed by atoms with Crippen molar-refractivity contribution in [2.75, 3.05) is 40.9 Å². The summed E-state index contributed by atoms with van der Waals surface area (Å²) in [5.41, 5.74) is 0. The lowest BCUT2D eigenvalue weighted by Crippen LogP contribution is -2.38. The lowest BCUT2D eigenvalue weighted by molar-refractivity contribution is -0.870. The predicted octanol–water partition coefficient (Wildman–Crippen LogP) is 11.6. The number of rotatable bonds is 37. The van der Waals surface area contributed by atoms with Gasteiger partial charge in [-0.25, -0.2) is 4.57 Å². The molecule has 0 saturated heterocycles. The molecule has 0 bridgehead atoms. The Morgan fingerprint density at radius 1 is 0.538 bits per heavy atom. The zero-order valence-electron chi connectivity index (χ0n) is 34.7. The Kier molecular flexibility index (Phi) is 38.8. The molecular weight excluding hydrogens is 673 g/mol. The summed E-state index contributed by atoms with van der Waals surface area (Å²) in [5.74, 6) is -0.368. The summed E-state index contributed by atoms with van der Waals surface area (Å²) in [6, 6.07) is 0. The predicted molar refractivity (Wildman–Crippen MR) is 220 cm³/mol. The molecule has 0 rings (SSSR count). The molecule has 0 amide bonds. The van der Waals surface area contributed by atoms with E-state index >= 15 is 0 Å². The highest BCUT2D eigenvalue weighted by atomic mass is 31.2. The molecule has 0 heterocycles. The second-order valence-corrected chi connectivity index (χ2v) is 16.8. The monoisotopic (exact) mass is 759 g/mol. The maximum atomic E-state index is 13.1. The van der Waals surface area contributed by atoms with Crippen molar-refractivity contribution in [1.82, 2.24) is 0 Å². The van der Waals surface area contributed by atoms with Crippen molar-refractivity contribution in [2.24, 2.45) is 5.92 Å². The molecule has 0 unspecified atom stereocenters. The van der Waals surface area contributed by atoms with E-state index < -0.39 is 13.7 Å². The number of Topliss-reactive ketones (excluding diaryl/α,β-unsaturated/α-hetero) is 2. The van der Waals surface area contributed by atoms with Gasteiger partial charge in [0.2, 0.25) is 0 Å². The number of likely N-dealkylation sites (N-methyl/N-ethyl adjacent to an activating group) is 1. The fourth-order valence-electron chi connectivity index (χ4n) is 5.99. The first kappa shape index (κ1) is 53.0. The van der Waals surface area contributed by atoms with Crippen LogP contribution < -0.4 is 0 Å². The van der Waals surface area contributed by atoms with Crippen LogP contribution in [0.2, 0.25) is 0 Å². The Hall–Kier alpha value is -1.15. The number of unbranched alkanes of at least 4 members (excludes halogenated alkanes) is 22. The van der Waals surface area contributed by atoms with Gasteiger partial charge < -0.3 is 23.9 Å². The van der Waals surface area contributed by atoms with Crippen LogP contribution in [0.25, 0.3) is 0 Å². The van der Waals surface area contributed by atoms with E-state index in [2.05, 4.69) is 59.3 Å². The first-order valence-corrected chi connectivity index (χ1v) is 22.9. The normalized spacial score (nSPS) is 12.2. The molecule has 0 aliphatic rings. The van der Waals surface area contributed by atoms with E-state index in [1.165, 1.54) is 141 Å². The summed E-state index contributed by atoms with van der Waals surface area (Å²) >= 11 is 0. The number of hydrogen-bond acceptors (Lipinski definition) is 4. The lowest BCUT2D eigenvalue weighted by Gasteiger charge is -2.24. The third kappa shape index (κ3) is 46.9. The molecule has 0 aliphatic heterocycles. The minimum atomic E-state index is -4.64. The fourth-order valence-corrected chi connectivity index (χ4v) is 5.99. The fraction of sp³-hybridized carbons (Fsp3) is 0.860. The smallest absolute Gasteiger partial charge is 0.374 e. The van der Waals surface area contributed by atoms with Crippen molar-refractivity contribution in [1.29, 1.82) is 0 Å². The maximum Gasteiger partial charge on any atom is 0.466 e. The van der Waals surface area contributed by atoms with E-state index in [0.717, 1.165) is 36.7 Å². The highest BCUT2D eigenvalue weighted by Crippen LogP contribution is 2.26. The molecule has 0 aromatic rings. The van der Waals surface area contributed by atoms with Crippen molar-refractivity contribution in [3.05, 3.63) is 24.3 Å². The molecule has 8 nitrogen and oxygen atoms in total. The van der Waals surface area contributed by atoms with Gasteiger partial charge in [0, 0.05) is 12.8 Å². The number of ether oxygens (including phenoxy) is 1. The molecule has 9 heteroatoms. The summed E-state index contributed by atoms with van der Waals surface area (Å²) in [4.78, 5) is 47.9. The van der Waals surface area contributed by atoms with E-state index in [0.29, 0.717) is 19.4 Å². The molecule has 0 aromatic heterocycles. The number of carbonyl (C=O) groups is 2. The molecule has 0 atom stereocenters. The summed E-state index contributed by atoms with van der Waals surface area (Å²) in [6.45, 7) is 6.26. The zero-order valence-corrected chi connectivity index (χ0v) is 35.6. The van der Waals surface area contributed by atoms with Gasteiger partial charge in [0.15, 0.2) is 0 Å². The van der Waals surface area contributed by atoms with Crippen LogP contribution in [0.5, 0.6) is 0 Å². The number of carbonyl (C=O) groups excluding carboxylic acids is 2. The molecule has 3 N–H and O–H groups in total. The van der Waals surface area contributed by atoms with Crippen molar-refractivity contribution in [3.63, 3.8) is 0 Å². The van der Waals surface area contributed by atoms with Crippen molar-refractivity contribution in [3.8, 4) is 0 Å². The second-order valence-electron chi connectivity index (χ2n) is 15.8. The average molecular weight is 759 g/mol. The van der Waals surface area contributed by atoms with Gasteiger partial charge >= 0.3 is 7.82 Å². The van der Waals surface area contributed by atoms with Gasteiger partial charge in [-0.3, -0.25) is 9.59 Å². The van der Waals surface area contributed by atoms with Gasteiger partial charge in [0.05, 0.1) is 40.3 Å². The summed E-state index contributed by atoms with van der Waals surface area (Å²) in [5, 5.41) is 0. The maximum absolute atomic E-state index is 13.1. The van der Waals surface area contributed by atoms with Crippen LogP contribution in [-0.4, -0.2) is 71.6 Å². The highest BCUT2D eigenvalue weighted by molar-refractivity contribution is 7.45. The second kappa shape index (κ2) is 38.1. The molecular formula is C43H85NO7P+. The zero-order chi connectivity index (χ0) is 39.2. The van der Waals surface area contributed by atoms with Gasteiger partial charge in [0.25, 0.3) is 0 Å². The number of nitrogens with zero attached hydrogens (tertiary/aromatic N) is 1. The lowest BCUT2D eigenvalue weighted by atomic mass is 9.92.